The number of hydrogen-bond acceptors (Lipinski definition) is 3. The zero-order valence-electron chi connectivity index (χ0n) is 9.61. The number of carbonyl (C=O) groups is 1. The van der Waals surface area contributed by atoms with Crippen molar-refractivity contribution in [3.05, 3.63) is 0 Å². The van der Waals surface area contributed by atoms with Gasteiger partial charge in [-0.2, -0.15) is 0 Å². The van der Waals surface area contributed by atoms with Crippen molar-refractivity contribution in [3.8, 4) is 0 Å². The van der Waals surface area contributed by atoms with Gasteiger partial charge in [-0.3, -0.25) is 4.79 Å². The van der Waals surface area contributed by atoms with Crippen LogP contribution in [0.15, 0.2) is 0 Å². The van der Waals surface area contributed by atoms with Crippen molar-refractivity contribution in [1.82, 2.24) is 0 Å². The molecule has 1 saturated carbocycles. The van der Waals surface area contributed by atoms with Crippen molar-refractivity contribution < 1.29 is 9.90 Å². The average Bonchev–Trinajstić information content (AvgIpc) is 2.20. The molecule has 1 aliphatic carbocycles. The molecule has 1 aliphatic rings. The Balaban J connectivity index is 0.000000262. The molecule has 4 heteroatoms. The lowest BCUT2D eigenvalue weighted by Crippen LogP contribution is -2.29. The molecule has 0 bridgehead atoms. The molecule has 0 amide bonds. The lowest BCUT2D eigenvalue weighted by Gasteiger charge is -2.15. The smallest absolute Gasteiger partial charge is 0.320 e. The van der Waals surface area contributed by atoms with Crippen LogP contribution < -0.4 is 11.5 Å². The van der Waals surface area contributed by atoms with E-state index in [-0.39, 0.29) is 0 Å². The SMILES string of the molecule is CCCC(N)C(=O)O.NC1CCCCC1. The van der Waals surface area contributed by atoms with E-state index in [2.05, 4.69) is 0 Å². The van der Waals surface area contributed by atoms with Crippen LogP contribution in [0, 0.1) is 0 Å². The summed E-state index contributed by atoms with van der Waals surface area (Å²) in [6.07, 6.45) is 8.05. The second kappa shape index (κ2) is 8.68. The topological polar surface area (TPSA) is 89.3 Å². The van der Waals surface area contributed by atoms with Crippen LogP contribution in [-0.4, -0.2) is 23.2 Å². The Bertz CT molecular complexity index is 168. The molecule has 0 aliphatic heterocycles. The van der Waals surface area contributed by atoms with Crippen molar-refractivity contribution in [2.24, 2.45) is 11.5 Å². The summed E-state index contributed by atoms with van der Waals surface area (Å²) in [7, 11) is 0. The van der Waals surface area contributed by atoms with Crippen LogP contribution in [0.2, 0.25) is 0 Å². The first-order valence-electron chi connectivity index (χ1n) is 5.81. The summed E-state index contributed by atoms with van der Waals surface area (Å²) in [6.45, 7) is 1.91. The fourth-order valence-corrected chi connectivity index (χ4v) is 1.57. The fraction of sp³-hybridized carbons (Fsp3) is 0.909. The highest BCUT2D eigenvalue weighted by Crippen LogP contribution is 2.14. The summed E-state index contributed by atoms with van der Waals surface area (Å²) >= 11 is 0. The third kappa shape index (κ3) is 8.39. The molecule has 90 valence electrons. The fourth-order valence-electron chi connectivity index (χ4n) is 1.57. The molecule has 5 N–H and O–H groups in total. The van der Waals surface area contributed by atoms with Gasteiger partial charge in [0.05, 0.1) is 0 Å². The Morgan fingerprint density at radius 3 is 2.13 bits per heavy atom. The molecule has 0 radical (unpaired) electrons. The minimum Gasteiger partial charge on any atom is -0.480 e. The van der Waals surface area contributed by atoms with Gasteiger partial charge in [-0.25, -0.2) is 0 Å². The molecule has 0 aromatic rings. The minimum atomic E-state index is -0.910. The molecule has 0 spiro atoms. The van der Waals surface area contributed by atoms with E-state index < -0.39 is 12.0 Å². The number of carboxylic acids is 1. The van der Waals surface area contributed by atoms with E-state index in [0.717, 1.165) is 6.42 Å². The molecule has 1 unspecified atom stereocenters. The van der Waals surface area contributed by atoms with Crippen LogP contribution in [0.5, 0.6) is 0 Å². The Morgan fingerprint density at radius 1 is 1.40 bits per heavy atom. The highest BCUT2D eigenvalue weighted by Gasteiger charge is 2.07. The largest absolute Gasteiger partial charge is 0.480 e. The second-order valence-corrected chi connectivity index (χ2v) is 4.13. The molecule has 1 rings (SSSR count). The molecule has 0 heterocycles. The number of carboxylic acid groups (broad SMARTS) is 1. The maximum absolute atomic E-state index is 9.96. The quantitative estimate of drug-likeness (QED) is 0.666. The summed E-state index contributed by atoms with van der Waals surface area (Å²) in [5, 5.41) is 8.19. The van der Waals surface area contributed by atoms with E-state index in [4.69, 9.17) is 16.6 Å². The van der Waals surface area contributed by atoms with Gasteiger partial charge >= 0.3 is 5.97 Å². The van der Waals surface area contributed by atoms with Crippen molar-refractivity contribution in [1.29, 1.82) is 0 Å². The Hall–Kier alpha value is -0.610. The first-order valence-corrected chi connectivity index (χ1v) is 5.81. The zero-order chi connectivity index (χ0) is 11.7. The van der Waals surface area contributed by atoms with Crippen molar-refractivity contribution >= 4 is 5.97 Å². The van der Waals surface area contributed by atoms with E-state index in [1.807, 2.05) is 6.92 Å². The predicted octanol–water partition coefficient (Wildman–Crippen LogP) is 1.48. The number of aliphatic carboxylic acids is 1. The summed E-state index contributed by atoms with van der Waals surface area (Å²) in [5.41, 5.74) is 10.8. The lowest BCUT2D eigenvalue weighted by atomic mass is 9.97. The van der Waals surface area contributed by atoms with Crippen molar-refractivity contribution in [3.63, 3.8) is 0 Å². The molecule has 1 fully saturated rings. The predicted molar refractivity (Wildman–Crippen MR) is 61.6 cm³/mol. The third-order valence-electron chi connectivity index (χ3n) is 2.57. The summed E-state index contributed by atoms with van der Waals surface area (Å²) in [6, 6.07) is -0.131. The third-order valence-corrected chi connectivity index (χ3v) is 2.57. The molecule has 15 heavy (non-hydrogen) atoms. The van der Waals surface area contributed by atoms with Gasteiger partial charge in [-0.15, -0.1) is 0 Å². The summed E-state index contributed by atoms with van der Waals surface area (Å²) in [4.78, 5) is 9.96. The summed E-state index contributed by atoms with van der Waals surface area (Å²) in [5.74, 6) is -0.910. The Kier molecular flexibility index (Phi) is 8.33. The zero-order valence-corrected chi connectivity index (χ0v) is 9.61. The Labute approximate surface area is 92.0 Å². The monoisotopic (exact) mass is 216 g/mol. The minimum absolute atomic E-state index is 0.536. The first kappa shape index (κ1) is 14.4. The highest BCUT2D eigenvalue weighted by molar-refractivity contribution is 5.72. The van der Waals surface area contributed by atoms with Gasteiger partial charge in [-0.1, -0.05) is 32.6 Å². The number of rotatable bonds is 3. The van der Waals surface area contributed by atoms with Gasteiger partial charge in [0, 0.05) is 6.04 Å². The standard InChI is InChI=1S/C6H13N.C5H11NO2/c7-6-4-2-1-3-5-6;1-2-3-4(6)5(7)8/h6H,1-5,7H2;4H,2-3,6H2,1H3,(H,7,8). The molecule has 1 atom stereocenters. The van der Waals surface area contributed by atoms with Crippen LogP contribution in [0.25, 0.3) is 0 Å². The van der Waals surface area contributed by atoms with Gasteiger partial charge in [0.25, 0.3) is 0 Å². The van der Waals surface area contributed by atoms with Gasteiger partial charge < -0.3 is 16.6 Å². The van der Waals surface area contributed by atoms with Crippen LogP contribution in [0.1, 0.15) is 51.9 Å². The van der Waals surface area contributed by atoms with Crippen LogP contribution in [-0.2, 0) is 4.79 Å². The maximum atomic E-state index is 9.96. The van der Waals surface area contributed by atoms with Gasteiger partial charge in [0.2, 0.25) is 0 Å². The van der Waals surface area contributed by atoms with E-state index in [9.17, 15) is 4.79 Å². The van der Waals surface area contributed by atoms with E-state index in [1.54, 1.807) is 0 Å². The van der Waals surface area contributed by atoms with E-state index in [0.29, 0.717) is 12.5 Å². The molecular weight excluding hydrogens is 192 g/mol. The van der Waals surface area contributed by atoms with E-state index >= 15 is 0 Å². The average molecular weight is 216 g/mol. The van der Waals surface area contributed by atoms with Gasteiger partial charge in [-0.05, 0) is 19.3 Å². The molecular formula is C11H24N2O2. The molecule has 0 aromatic heterocycles. The lowest BCUT2D eigenvalue weighted by molar-refractivity contribution is -0.138. The number of nitrogens with two attached hydrogens (primary N) is 2. The molecule has 0 aromatic carbocycles. The van der Waals surface area contributed by atoms with E-state index in [1.165, 1.54) is 32.1 Å². The number of hydrogen-bond donors (Lipinski definition) is 3. The first-order chi connectivity index (χ1) is 7.07. The second-order valence-electron chi connectivity index (χ2n) is 4.13. The van der Waals surface area contributed by atoms with Crippen LogP contribution in [0.4, 0.5) is 0 Å². The molecule has 4 nitrogen and oxygen atoms in total. The highest BCUT2D eigenvalue weighted by atomic mass is 16.4. The normalized spacial score (nSPS) is 18.9. The summed E-state index contributed by atoms with van der Waals surface area (Å²) < 4.78 is 0. The van der Waals surface area contributed by atoms with Crippen molar-refractivity contribution in [2.45, 2.75) is 64.0 Å². The maximum Gasteiger partial charge on any atom is 0.320 e. The van der Waals surface area contributed by atoms with Crippen molar-refractivity contribution in [2.75, 3.05) is 0 Å². The van der Waals surface area contributed by atoms with Crippen LogP contribution in [0.3, 0.4) is 0 Å². The van der Waals surface area contributed by atoms with Gasteiger partial charge in [0.1, 0.15) is 6.04 Å². The Morgan fingerprint density at radius 2 is 1.93 bits per heavy atom. The van der Waals surface area contributed by atoms with Gasteiger partial charge in [0.15, 0.2) is 0 Å². The molecule has 0 saturated heterocycles. The van der Waals surface area contributed by atoms with Crippen LogP contribution >= 0.6 is 0 Å².